The van der Waals surface area contributed by atoms with Crippen molar-refractivity contribution in [1.29, 1.82) is 0 Å². The first-order valence-electron chi connectivity index (χ1n) is 6.51. The lowest BCUT2D eigenvalue weighted by Crippen LogP contribution is -2.44. The van der Waals surface area contributed by atoms with E-state index in [2.05, 4.69) is 10.6 Å². The van der Waals surface area contributed by atoms with Gasteiger partial charge in [-0.2, -0.15) is 0 Å². The number of halogens is 2. The first-order chi connectivity index (χ1) is 9.15. The standard InChI is InChI=1S/C14H19ClN2O2.ClH/c1-10(11-3-2-4-12(15)7-11)17-14(18)8-13-9-19-6-5-16-13;/h2-4,7,10,13,16H,5-6,8-9H2,1H3,(H,17,18);1H/t10-,13?;/m1./s1. The molecule has 1 fully saturated rings. The second-order valence-corrected chi connectivity index (χ2v) is 5.21. The first kappa shape index (κ1) is 17.2. The average Bonchev–Trinajstić information content (AvgIpc) is 2.39. The molecule has 0 bridgehead atoms. The van der Waals surface area contributed by atoms with Crippen LogP contribution < -0.4 is 10.6 Å². The van der Waals surface area contributed by atoms with E-state index in [1.807, 2.05) is 31.2 Å². The molecule has 2 N–H and O–H groups in total. The van der Waals surface area contributed by atoms with Gasteiger partial charge in [-0.25, -0.2) is 0 Å². The number of morpholine rings is 1. The Balaban J connectivity index is 0.00000200. The Labute approximate surface area is 130 Å². The maximum atomic E-state index is 11.9. The van der Waals surface area contributed by atoms with Crippen molar-refractivity contribution in [3.05, 3.63) is 34.9 Å². The van der Waals surface area contributed by atoms with E-state index in [0.717, 1.165) is 18.7 Å². The number of rotatable bonds is 4. The second kappa shape index (κ2) is 8.47. The largest absolute Gasteiger partial charge is 0.378 e. The van der Waals surface area contributed by atoms with Gasteiger partial charge in [0.2, 0.25) is 5.91 Å². The van der Waals surface area contributed by atoms with Crippen LogP contribution in [0.1, 0.15) is 24.9 Å². The van der Waals surface area contributed by atoms with E-state index in [0.29, 0.717) is 18.1 Å². The highest BCUT2D eigenvalue weighted by Gasteiger charge is 2.18. The van der Waals surface area contributed by atoms with Crippen LogP contribution in [0.5, 0.6) is 0 Å². The summed E-state index contributed by atoms with van der Waals surface area (Å²) in [7, 11) is 0. The Morgan fingerprint density at radius 1 is 1.60 bits per heavy atom. The average molecular weight is 319 g/mol. The number of carbonyl (C=O) groups excluding carboxylic acids is 1. The highest BCUT2D eigenvalue weighted by molar-refractivity contribution is 6.30. The van der Waals surface area contributed by atoms with Crippen molar-refractivity contribution in [3.8, 4) is 0 Å². The van der Waals surface area contributed by atoms with Gasteiger partial charge in [-0.3, -0.25) is 4.79 Å². The summed E-state index contributed by atoms with van der Waals surface area (Å²) in [5.41, 5.74) is 1.01. The van der Waals surface area contributed by atoms with E-state index in [-0.39, 0.29) is 30.4 Å². The number of ether oxygens (including phenoxy) is 1. The molecule has 1 amide bonds. The summed E-state index contributed by atoms with van der Waals surface area (Å²) in [6.07, 6.45) is 0.435. The molecule has 1 aliphatic rings. The van der Waals surface area contributed by atoms with Crippen molar-refractivity contribution in [2.24, 2.45) is 0 Å². The molecule has 20 heavy (non-hydrogen) atoms. The van der Waals surface area contributed by atoms with Crippen molar-refractivity contribution in [2.75, 3.05) is 19.8 Å². The van der Waals surface area contributed by atoms with E-state index in [1.54, 1.807) is 0 Å². The quantitative estimate of drug-likeness (QED) is 0.895. The molecule has 4 nitrogen and oxygen atoms in total. The van der Waals surface area contributed by atoms with E-state index in [4.69, 9.17) is 16.3 Å². The fourth-order valence-corrected chi connectivity index (χ4v) is 2.33. The molecule has 1 aromatic rings. The van der Waals surface area contributed by atoms with Gasteiger partial charge in [0, 0.05) is 24.0 Å². The number of benzene rings is 1. The Morgan fingerprint density at radius 3 is 3.05 bits per heavy atom. The summed E-state index contributed by atoms with van der Waals surface area (Å²) in [6, 6.07) is 7.60. The van der Waals surface area contributed by atoms with Gasteiger partial charge in [-0.1, -0.05) is 23.7 Å². The van der Waals surface area contributed by atoms with Gasteiger partial charge in [0.15, 0.2) is 0 Å². The van der Waals surface area contributed by atoms with Crippen LogP contribution in [0.15, 0.2) is 24.3 Å². The van der Waals surface area contributed by atoms with Crippen molar-refractivity contribution in [2.45, 2.75) is 25.4 Å². The van der Waals surface area contributed by atoms with Crippen LogP contribution in [-0.4, -0.2) is 31.7 Å². The lowest BCUT2D eigenvalue weighted by molar-refractivity contribution is -0.122. The monoisotopic (exact) mass is 318 g/mol. The summed E-state index contributed by atoms with van der Waals surface area (Å²) in [5.74, 6) is 0.0236. The molecule has 0 saturated carbocycles. The topological polar surface area (TPSA) is 50.4 Å². The van der Waals surface area contributed by atoms with Gasteiger partial charge in [-0.05, 0) is 24.6 Å². The van der Waals surface area contributed by atoms with Crippen LogP contribution in [-0.2, 0) is 9.53 Å². The van der Waals surface area contributed by atoms with E-state index >= 15 is 0 Å². The minimum Gasteiger partial charge on any atom is -0.378 e. The summed E-state index contributed by atoms with van der Waals surface area (Å²) in [4.78, 5) is 11.9. The summed E-state index contributed by atoms with van der Waals surface area (Å²) < 4.78 is 5.33. The molecule has 1 aliphatic heterocycles. The van der Waals surface area contributed by atoms with Gasteiger partial charge in [0.1, 0.15) is 0 Å². The van der Waals surface area contributed by atoms with E-state index < -0.39 is 0 Å². The molecular weight excluding hydrogens is 299 g/mol. The van der Waals surface area contributed by atoms with Crippen LogP contribution >= 0.6 is 24.0 Å². The Bertz CT molecular complexity index is 437. The van der Waals surface area contributed by atoms with Crippen molar-refractivity contribution in [1.82, 2.24) is 10.6 Å². The minimum atomic E-state index is -0.0456. The number of carbonyl (C=O) groups is 1. The lowest BCUT2D eigenvalue weighted by Gasteiger charge is -2.24. The third-order valence-corrected chi connectivity index (χ3v) is 3.39. The molecule has 0 aliphatic carbocycles. The predicted octanol–water partition coefficient (Wildman–Crippen LogP) is 2.32. The third-order valence-electron chi connectivity index (χ3n) is 3.16. The van der Waals surface area contributed by atoms with Gasteiger partial charge in [0.05, 0.1) is 19.3 Å². The zero-order valence-corrected chi connectivity index (χ0v) is 13.0. The molecule has 0 spiro atoms. The molecule has 1 aromatic carbocycles. The highest BCUT2D eigenvalue weighted by atomic mass is 35.5. The minimum absolute atomic E-state index is 0. The van der Waals surface area contributed by atoms with Gasteiger partial charge in [-0.15, -0.1) is 12.4 Å². The highest BCUT2D eigenvalue weighted by Crippen LogP contribution is 2.17. The smallest absolute Gasteiger partial charge is 0.222 e. The van der Waals surface area contributed by atoms with Gasteiger partial charge < -0.3 is 15.4 Å². The number of hydrogen-bond donors (Lipinski definition) is 2. The molecule has 1 heterocycles. The van der Waals surface area contributed by atoms with Crippen molar-refractivity contribution in [3.63, 3.8) is 0 Å². The molecule has 6 heteroatoms. The normalized spacial score (nSPS) is 19.8. The second-order valence-electron chi connectivity index (χ2n) is 4.77. The third kappa shape index (κ3) is 5.29. The Hall–Kier alpha value is -0.810. The van der Waals surface area contributed by atoms with Crippen molar-refractivity contribution >= 4 is 29.9 Å². The van der Waals surface area contributed by atoms with Crippen LogP contribution in [0.4, 0.5) is 0 Å². The maximum absolute atomic E-state index is 11.9. The lowest BCUT2D eigenvalue weighted by atomic mass is 10.1. The van der Waals surface area contributed by atoms with Crippen LogP contribution in [0.3, 0.4) is 0 Å². The Morgan fingerprint density at radius 2 is 2.40 bits per heavy atom. The first-order valence-corrected chi connectivity index (χ1v) is 6.89. The number of amides is 1. The zero-order valence-electron chi connectivity index (χ0n) is 11.4. The summed E-state index contributed by atoms with van der Waals surface area (Å²) in [5, 5.41) is 6.92. The van der Waals surface area contributed by atoms with Crippen LogP contribution in [0.2, 0.25) is 5.02 Å². The molecule has 0 radical (unpaired) electrons. The summed E-state index contributed by atoms with van der Waals surface area (Å²) in [6.45, 7) is 4.08. The van der Waals surface area contributed by atoms with E-state index in [9.17, 15) is 4.79 Å². The fraction of sp³-hybridized carbons (Fsp3) is 0.500. The predicted molar refractivity (Wildman–Crippen MR) is 82.5 cm³/mol. The van der Waals surface area contributed by atoms with Crippen molar-refractivity contribution < 1.29 is 9.53 Å². The van der Waals surface area contributed by atoms with E-state index in [1.165, 1.54) is 0 Å². The fourth-order valence-electron chi connectivity index (χ4n) is 2.13. The van der Waals surface area contributed by atoms with Crippen LogP contribution in [0.25, 0.3) is 0 Å². The Kier molecular flexibility index (Phi) is 7.30. The molecule has 1 unspecified atom stereocenters. The van der Waals surface area contributed by atoms with Gasteiger partial charge in [0.25, 0.3) is 0 Å². The molecule has 112 valence electrons. The molecule has 2 rings (SSSR count). The molecule has 1 saturated heterocycles. The number of nitrogens with one attached hydrogen (secondary N) is 2. The van der Waals surface area contributed by atoms with Crippen LogP contribution in [0, 0.1) is 0 Å². The molecule has 0 aromatic heterocycles. The zero-order chi connectivity index (χ0) is 13.7. The number of hydrogen-bond acceptors (Lipinski definition) is 3. The molecular formula is C14H20Cl2N2O2. The van der Waals surface area contributed by atoms with Gasteiger partial charge >= 0.3 is 0 Å². The maximum Gasteiger partial charge on any atom is 0.222 e. The summed E-state index contributed by atoms with van der Waals surface area (Å²) >= 11 is 5.94. The SMILES string of the molecule is C[C@@H](NC(=O)CC1COCCN1)c1cccc(Cl)c1.Cl. The molecule has 2 atom stereocenters.